The smallest absolute Gasteiger partial charge is 0.261 e. The lowest BCUT2D eigenvalue weighted by atomic mass is 10.0. The molecule has 6 rings (SSSR count). The van der Waals surface area contributed by atoms with E-state index < -0.39 is 0 Å². The third-order valence-electron chi connectivity index (χ3n) is 8.58. The molecule has 4 heterocycles. The van der Waals surface area contributed by atoms with Gasteiger partial charge in [-0.1, -0.05) is 29.5 Å². The molecule has 4 aromatic rings. The van der Waals surface area contributed by atoms with Gasteiger partial charge in [0.15, 0.2) is 0 Å². The zero-order chi connectivity index (χ0) is 31.7. The van der Waals surface area contributed by atoms with Crippen LogP contribution in [0.15, 0.2) is 54.7 Å². The van der Waals surface area contributed by atoms with Crippen molar-refractivity contribution < 1.29 is 9.59 Å². The summed E-state index contributed by atoms with van der Waals surface area (Å²) in [4.78, 5) is 38.8. The van der Waals surface area contributed by atoms with Crippen molar-refractivity contribution in [2.45, 2.75) is 44.8 Å². The van der Waals surface area contributed by atoms with E-state index in [2.05, 4.69) is 36.5 Å². The second-order valence-electron chi connectivity index (χ2n) is 11.9. The minimum Gasteiger partial charge on any atom is -0.367 e. The maximum atomic E-state index is 12.7. The minimum absolute atomic E-state index is 0.193. The van der Waals surface area contributed by atoms with Crippen molar-refractivity contribution in [3.8, 4) is 0 Å². The van der Waals surface area contributed by atoms with Crippen molar-refractivity contribution >= 4 is 34.5 Å². The first-order valence-electron chi connectivity index (χ1n) is 16.3. The molecular weight excluding hydrogens is 582 g/mol. The Kier molecular flexibility index (Phi) is 10.4. The SMILES string of the molecule is CNCCCNCCCn1cc(CNc2nc(NC3CCN(CCN4C(=O)c5ccccc5C4=O)CC3)c3ccccc3n2)nn1. The predicted molar refractivity (Wildman–Crippen MR) is 178 cm³/mol. The summed E-state index contributed by atoms with van der Waals surface area (Å²) in [7, 11) is 1.97. The molecule has 1 saturated heterocycles. The number of imide groups is 1. The highest BCUT2D eigenvalue weighted by Gasteiger charge is 2.35. The van der Waals surface area contributed by atoms with Crippen LogP contribution >= 0.6 is 0 Å². The van der Waals surface area contributed by atoms with Gasteiger partial charge in [-0.25, -0.2) is 4.98 Å². The fourth-order valence-corrected chi connectivity index (χ4v) is 6.02. The van der Waals surface area contributed by atoms with Gasteiger partial charge in [0.1, 0.15) is 11.5 Å². The summed E-state index contributed by atoms with van der Waals surface area (Å²) in [5, 5.41) is 23.2. The van der Waals surface area contributed by atoms with Gasteiger partial charge in [0.25, 0.3) is 11.8 Å². The van der Waals surface area contributed by atoms with Crippen molar-refractivity contribution in [1.29, 1.82) is 0 Å². The Hall–Kier alpha value is -4.46. The molecule has 1 fully saturated rings. The Morgan fingerprint density at radius 3 is 2.37 bits per heavy atom. The maximum Gasteiger partial charge on any atom is 0.261 e. The number of likely N-dealkylation sites (tertiary alicyclic amines) is 1. The van der Waals surface area contributed by atoms with E-state index in [4.69, 9.17) is 9.97 Å². The van der Waals surface area contributed by atoms with Crippen molar-refractivity contribution in [3.63, 3.8) is 0 Å². The molecule has 4 N–H and O–H groups in total. The normalized spacial score (nSPS) is 15.5. The number of amides is 2. The molecule has 0 unspecified atom stereocenters. The number of hydrogen-bond donors (Lipinski definition) is 4. The largest absolute Gasteiger partial charge is 0.367 e. The fourth-order valence-electron chi connectivity index (χ4n) is 6.02. The van der Waals surface area contributed by atoms with Crippen LogP contribution in [0.4, 0.5) is 11.8 Å². The van der Waals surface area contributed by atoms with Crippen LogP contribution in [0.25, 0.3) is 10.9 Å². The number of rotatable bonds is 16. The third-order valence-corrected chi connectivity index (χ3v) is 8.58. The number of hydrogen-bond acceptors (Lipinski definition) is 11. The van der Waals surface area contributed by atoms with Crippen LogP contribution in [0.2, 0.25) is 0 Å². The number of nitrogens with zero attached hydrogens (tertiary/aromatic N) is 7. The lowest BCUT2D eigenvalue weighted by Gasteiger charge is -2.33. The van der Waals surface area contributed by atoms with Gasteiger partial charge >= 0.3 is 0 Å². The number of anilines is 2. The van der Waals surface area contributed by atoms with E-state index in [1.807, 2.05) is 42.2 Å². The molecule has 2 aromatic heterocycles. The van der Waals surface area contributed by atoms with Gasteiger partial charge < -0.3 is 26.2 Å². The summed E-state index contributed by atoms with van der Waals surface area (Å²) in [6, 6.07) is 15.3. The van der Waals surface area contributed by atoms with Crippen molar-refractivity contribution in [2.24, 2.45) is 0 Å². The Bertz CT molecular complexity index is 1600. The van der Waals surface area contributed by atoms with Crippen LogP contribution in [-0.2, 0) is 13.1 Å². The summed E-state index contributed by atoms with van der Waals surface area (Å²) in [5.41, 5.74) is 2.71. The molecule has 0 bridgehead atoms. The Morgan fingerprint density at radius 1 is 0.848 bits per heavy atom. The monoisotopic (exact) mass is 625 g/mol. The molecule has 0 radical (unpaired) electrons. The molecule has 0 saturated carbocycles. The summed E-state index contributed by atoms with van der Waals surface area (Å²) < 4.78 is 1.88. The third kappa shape index (κ3) is 7.66. The van der Waals surface area contributed by atoms with E-state index in [0.717, 1.165) is 87.4 Å². The van der Waals surface area contributed by atoms with E-state index in [-0.39, 0.29) is 17.9 Å². The summed E-state index contributed by atoms with van der Waals surface area (Å²) in [6.07, 6.45) is 5.93. The van der Waals surface area contributed by atoms with Crippen LogP contribution in [-0.4, -0.2) is 105 Å². The lowest BCUT2D eigenvalue weighted by Crippen LogP contribution is -2.44. The molecule has 242 valence electrons. The number of benzene rings is 2. The van der Waals surface area contributed by atoms with Gasteiger partial charge in [-0.2, -0.15) is 4.98 Å². The summed E-state index contributed by atoms with van der Waals surface area (Å²) in [5.74, 6) is 0.964. The van der Waals surface area contributed by atoms with E-state index in [9.17, 15) is 9.59 Å². The topological polar surface area (TPSA) is 145 Å². The average molecular weight is 626 g/mol. The first-order valence-corrected chi connectivity index (χ1v) is 16.3. The number of para-hydroxylation sites is 1. The van der Waals surface area contributed by atoms with Crippen molar-refractivity contribution in [1.82, 2.24) is 45.4 Å². The number of fused-ring (bicyclic) bond motifs is 2. The van der Waals surface area contributed by atoms with Crippen molar-refractivity contribution in [3.05, 3.63) is 71.5 Å². The molecule has 2 aliphatic rings. The highest BCUT2D eigenvalue weighted by atomic mass is 16.2. The first kappa shape index (κ1) is 31.5. The van der Waals surface area contributed by atoms with Crippen LogP contribution in [0.5, 0.6) is 0 Å². The van der Waals surface area contributed by atoms with Crippen molar-refractivity contribution in [2.75, 3.05) is 63.5 Å². The number of carbonyl (C=O) groups is 2. The summed E-state index contributed by atoms with van der Waals surface area (Å²) in [6.45, 7) is 7.09. The fraction of sp³-hybridized carbons (Fsp3) is 0.455. The maximum absolute atomic E-state index is 12.7. The van der Waals surface area contributed by atoms with Gasteiger partial charge in [0.05, 0.1) is 29.4 Å². The molecule has 2 aliphatic heterocycles. The van der Waals surface area contributed by atoms with Crippen LogP contribution in [0.1, 0.15) is 52.1 Å². The van der Waals surface area contributed by atoms with E-state index in [1.54, 1.807) is 24.3 Å². The molecule has 0 aliphatic carbocycles. The zero-order valence-corrected chi connectivity index (χ0v) is 26.4. The number of nitrogens with one attached hydrogen (secondary N) is 4. The molecular formula is C33H43N11O2. The summed E-state index contributed by atoms with van der Waals surface area (Å²) >= 11 is 0. The molecule has 46 heavy (non-hydrogen) atoms. The van der Waals surface area contributed by atoms with E-state index in [0.29, 0.717) is 36.7 Å². The quantitative estimate of drug-likeness (QED) is 0.108. The standard InChI is InChI=1S/C33H43N11O2/c1-34-14-6-15-35-16-7-17-43-23-25(40-41-43)22-36-33-38-29-11-5-4-10-28(29)30(39-33)37-24-12-18-42(19-13-24)20-21-44-31(45)26-8-2-3-9-27(26)32(44)46/h2-5,8-11,23-24,34-35H,6-7,12-22H2,1H3,(H2,36,37,38,39). The number of piperidine rings is 1. The second kappa shape index (κ2) is 15.2. The minimum atomic E-state index is -0.193. The molecule has 13 nitrogen and oxygen atoms in total. The first-order chi connectivity index (χ1) is 22.6. The molecule has 0 spiro atoms. The number of aryl methyl sites for hydroxylation is 1. The van der Waals surface area contributed by atoms with Gasteiger partial charge in [0, 0.05) is 44.2 Å². The van der Waals surface area contributed by atoms with Gasteiger partial charge in [-0.15, -0.1) is 5.10 Å². The average Bonchev–Trinajstić information content (AvgIpc) is 3.64. The Morgan fingerprint density at radius 2 is 1.59 bits per heavy atom. The van der Waals surface area contributed by atoms with Crippen LogP contribution in [0, 0.1) is 0 Å². The molecule has 2 aromatic carbocycles. The van der Waals surface area contributed by atoms with E-state index in [1.165, 1.54) is 4.90 Å². The van der Waals surface area contributed by atoms with Gasteiger partial charge in [-0.3, -0.25) is 19.2 Å². The van der Waals surface area contributed by atoms with Gasteiger partial charge in [0.2, 0.25) is 5.95 Å². The second-order valence-corrected chi connectivity index (χ2v) is 11.9. The van der Waals surface area contributed by atoms with Crippen LogP contribution in [0.3, 0.4) is 0 Å². The highest BCUT2D eigenvalue weighted by molar-refractivity contribution is 6.21. The Balaban J connectivity index is 0.986. The number of carbonyl (C=O) groups excluding carboxylic acids is 2. The van der Waals surface area contributed by atoms with E-state index >= 15 is 0 Å². The molecule has 0 atom stereocenters. The van der Waals surface area contributed by atoms with Crippen LogP contribution < -0.4 is 21.3 Å². The number of aromatic nitrogens is 5. The molecule has 13 heteroatoms. The molecule has 2 amide bonds. The lowest BCUT2D eigenvalue weighted by molar-refractivity contribution is 0.0630. The highest BCUT2D eigenvalue weighted by Crippen LogP contribution is 2.26. The Labute approximate surface area is 269 Å². The predicted octanol–water partition coefficient (Wildman–Crippen LogP) is 2.60. The zero-order valence-electron chi connectivity index (χ0n) is 26.4. The van der Waals surface area contributed by atoms with Gasteiger partial charge in [-0.05, 0) is 76.6 Å².